The van der Waals surface area contributed by atoms with E-state index in [1.165, 1.54) is 0 Å². The predicted molar refractivity (Wildman–Crippen MR) is 145 cm³/mol. The second-order valence-electron chi connectivity index (χ2n) is 10.9. The number of pyridine rings is 1. The molecule has 1 aliphatic carbocycles. The Morgan fingerprint density at radius 3 is 2.45 bits per heavy atom. The van der Waals surface area contributed by atoms with Gasteiger partial charge in [-0.1, -0.05) is 18.8 Å². The topological polar surface area (TPSA) is 115 Å². The van der Waals surface area contributed by atoms with Gasteiger partial charge < -0.3 is 20.3 Å². The van der Waals surface area contributed by atoms with Gasteiger partial charge in [0.15, 0.2) is 0 Å². The first kappa shape index (κ1) is 26.1. The molecule has 0 aromatic carbocycles. The smallest absolute Gasteiger partial charge is 0.228 e. The highest BCUT2D eigenvalue weighted by molar-refractivity contribution is 5.87. The Morgan fingerprint density at radius 1 is 1.13 bits per heavy atom. The minimum atomic E-state index is -0.307. The summed E-state index contributed by atoms with van der Waals surface area (Å²) in [4.78, 5) is 42.3. The number of hydrogen-bond donors (Lipinski definition) is 1. The number of nitrogens with two attached hydrogens (primary N) is 1. The summed E-state index contributed by atoms with van der Waals surface area (Å²) in [5, 5.41) is 0. The lowest BCUT2D eigenvalue weighted by Gasteiger charge is -2.33. The van der Waals surface area contributed by atoms with Gasteiger partial charge in [-0.2, -0.15) is 0 Å². The third-order valence-electron chi connectivity index (χ3n) is 8.02. The van der Waals surface area contributed by atoms with Crippen molar-refractivity contribution in [1.82, 2.24) is 19.9 Å². The van der Waals surface area contributed by atoms with Gasteiger partial charge in [-0.3, -0.25) is 9.59 Å². The maximum atomic E-state index is 13.2. The van der Waals surface area contributed by atoms with Crippen LogP contribution in [0.15, 0.2) is 24.5 Å². The number of aromatic nitrogens is 3. The molecule has 4 heterocycles. The number of likely N-dealkylation sites (tertiary alicyclic amines) is 1. The van der Waals surface area contributed by atoms with Crippen molar-refractivity contribution in [2.45, 2.75) is 46.0 Å². The van der Waals surface area contributed by atoms with E-state index in [0.717, 1.165) is 74.5 Å². The van der Waals surface area contributed by atoms with Crippen LogP contribution in [0, 0.1) is 29.1 Å². The number of anilines is 2. The van der Waals surface area contributed by atoms with Crippen molar-refractivity contribution in [2.75, 3.05) is 50.0 Å². The van der Waals surface area contributed by atoms with Gasteiger partial charge in [-0.05, 0) is 51.2 Å². The summed E-state index contributed by atoms with van der Waals surface area (Å²) in [5.74, 6) is 8.51. The predicted octanol–water partition coefficient (Wildman–Crippen LogP) is 2.94. The van der Waals surface area contributed by atoms with E-state index in [1.54, 1.807) is 19.3 Å². The lowest BCUT2D eigenvalue weighted by atomic mass is 9.88. The first-order chi connectivity index (χ1) is 18.3. The van der Waals surface area contributed by atoms with Gasteiger partial charge in [0, 0.05) is 61.5 Å². The Labute approximate surface area is 224 Å². The highest BCUT2D eigenvalue weighted by Crippen LogP contribution is 2.52. The van der Waals surface area contributed by atoms with Crippen molar-refractivity contribution in [2.24, 2.45) is 17.3 Å². The molecule has 5 rings (SSSR count). The van der Waals surface area contributed by atoms with Crippen LogP contribution in [-0.2, 0) is 14.3 Å². The summed E-state index contributed by atoms with van der Waals surface area (Å²) in [5.41, 5.74) is 7.81. The van der Waals surface area contributed by atoms with Crippen LogP contribution in [0.1, 0.15) is 51.5 Å². The normalized spacial score (nSPS) is 19.8. The molecule has 0 spiro atoms. The molecule has 3 aliphatic rings. The zero-order valence-corrected chi connectivity index (χ0v) is 22.3. The number of piperidine rings is 1. The standard InChI is InChI=1S/C29H36N6O3/c1-20(21(2)36)17-29(7-8-29)27(37)35-9-5-22(6-10-35)3-4-23-15-25(24-18-31-28(30)32-19-24)33-26(16-23)34-11-13-38-14-12-34/h15-16,18-20,22H,5-14,17H2,1-2H3,(H2,30,31,32). The van der Waals surface area contributed by atoms with Gasteiger partial charge in [0.05, 0.1) is 24.3 Å². The minimum absolute atomic E-state index is 0.0581. The van der Waals surface area contributed by atoms with Crippen LogP contribution in [-0.4, -0.2) is 70.9 Å². The van der Waals surface area contributed by atoms with Crippen molar-refractivity contribution >= 4 is 23.5 Å². The number of carbonyl (C=O) groups excluding carboxylic acids is 2. The van der Waals surface area contributed by atoms with E-state index in [1.807, 2.05) is 24.0 Å². The lowest BCUT2D eigenvalue weighted by Crippen LogP contribution is -2.43. The molecular formula is C29H36N6O3. The summed E-state index contributed by atoms with van der Waals surface area (Å²) >= 11 is 0. The summed E-state index contributed by atoms with van der Waals surface area (Å²) < 4.78 is 5.51. The van der Waals surface area contributed by atoms with Gasteiger partial charge >= 0.3 is 0 Å². The van der Waals surface area contributed by atoms with Crippen molar-refractivity contribution < 1.29 is 14.3 Å². The number of nitrogen functional groups attached to an aromatic ring is 1. The molecule has 1 unspecified atom stereocenters. The van der Waals surface area contributed by atoms with Crippen LogP contribution >= 0.6 is 0 Å². The van der Waals surface area contributed by atoms with E-state index in [-0.39, 0.29) is 34.9 Å². The molecule has 38 heavy (non-hydrogen) atoms. The van der Waals surface area contributed by atoms with Gasteiger partial charge in [0.2, 0.25) is 11.9 Å². The summed E-state index contributed by atoms with van der Waals surface area (Å²) in [6, 6.07) is 4.00. The molecule has 0 bridgehead atoms. The molecule has 9 nitrogen and oxygen atoms in total. The average molecular weight is 517 g/mol. The van der Waals surface area contributed by atoms with Gasteiger partial charge in [0.1, 0.15) is 11.6 Å². The van der Waals surface area contributed by atoms with Crippen LogP contribution in [0.5, 0.6) is 0 Å². The molecule has 2 N–H and O–H groups in total. The zero-order valence-electron chi connectivity index (χ0n) is 22.3. The number of hydrogen-bond acceptors (Lipinski definition) is 8. The van der Waals surface area contributed by atoms with Gasteiger partial charge in [-0.15, -0.1) is 0 Å². The minimum Gasteiger partial charge on any atom is -0.378 e. The lowest BCUT2D eigenvalue weighted by molar-refractivity contribution is -0.139. The third-order valence-corrected chi connectivity index (χ3v) is 8.02. The molecule has 1 amide bonds. The van der Waals surface area contributed by atoms with Crippen molar-refractivity contribution in [3.63, 3.8) is 0 Å². The highest BCUT2D eigenvalue weighted by atomic mass is 16.5. The Kier molecular flexibility index (Phi) is 7.61. The Balaban J connectivity index is 1.27. The van der Waals surface area contributed by atoms with Crippen molar-refractivity contribution in [3.05, 3.63) is 30.1 Å². The van der Waals surface area contributed by atoms with Crippen LogP contribution in [0.2, 0.25) is 0 Å². The summed E-state index contributed by atoms with van der Waals surface area (Å²) in [6.07, 6.45) is 7.56. The summed E-state index contributed by atoms with van der Waals surface area (Å²) in [7, 11) is 0. The quantitative estimate of drug-likeness (QED) is 0.583. The largest absolute Gasteiger partial charge is 0.378 e. The maximum absolute atomic E-state index is 13.2. The average Bonchev–Trinajstić information content (AvgIpc) is 3.73. The van der Waals surface area contributed by atoms with E-state index in [9.17, 15) is 9.59 Å². The van der Waals surface area contributed by atoms with Crippen LogP contribution in [0.4, 0.5) is 11.8 Å². The molecule has 2 aliphatic heterocycles. The van der Waals surface area contributed by atoms with Gasteiger partial charge in [-0.25, -0.2) is 15.0 Å². The van der Waals surface area contributed by atoms with Crippen LogP contribution in [0.3, 0.4) is 0 Å². The molecule has 2 aromatic heterocycles. The number of Topliss-reactive ketones (excluding diaryl/α,β-unsaturated/α-hetero) is 1. The fraction of sp³-hybridized carbons (Fsp3) is 0.552. The van der Waals surface area contributed by atoms with Crippen LogP contribution < -0.4 is 10.6 Å². The third kappa shape index (κ3) is 5.97. The number of amides is 1. The molecule has 2 aromatic rings. The SMILES string of the molecule is CC(=O)C(C)CC1(C(=O)N2CCC(C#Cc3cc(-c4cnc(N)nc4)nc(N4CCOCC4)c3)CC2)CC1. The van der Waals surface area contributed by atoms with E-state index in [4.69, 9.17) is 15.5 Å². The Bertz CT molecular complexity index is 1230. The van der Waals surface area contributed by atoms with E-state index >= 15 is 0 Å². The number of rotatable bonds is 6. The van der Waals surface area contributed by atoms with Crippen molar-refractivity contribution in [1.29, 1.82) is 0 Å². The maximum Gasteiger partial charge on any atom is 0.228 e. The van der Waals surface area contributed by atoms with E-state index in [2.05, 4.69) is 26.7 Å². The molecule has 1 saturated carbocycles. The monoisotopic (exact) mass is 516 g/mol. The first-order valence-corrected chi connectivity index (χ1v) is 13.6. The number of morpholine rings is 1. The van der Waals surface area contributed by atoms with E-state index < -0.39 is 0 Å². The van der Waals surface area contributed by atoms with Gasteiger partial charge in [0.25, 0.3) is 0 Å². The fourth-order valence-corrected chi connectivity index (χ4v) is 5.29. The number of carbonyl (C=O) groups is 2. The number of nitrogens with zero attached hydrogens (tertiary/aromatic N) is 5. The fourth-order valence-electron chi connectivity index (χ4n) is 5.29. The molecule has 200 valence electrons. The molecule has 3 fully saturated rings. The van der Waals surface area contributed by atoms with Crippen LogP contribution in [0.25, 0.3) is 11.3 Å². The Hall–Kier alpha value is -3.51. The first-order valence-electron chi connectivity index (χ1n) is 13.6. The number of ketones is 1. The van der Waals surface area contributed by atoms with E-state index in [0.29, 0.717) is 19.6 Å². The second-order valence-corrected chi connectivity index (χ2v) is 10.9. The molecule has 0 radical (unpaired) electrons. The molecule has 1 atom stereocenters. The zero-order chi connectivity index (χ0) is 26.7. The summed E-state index contributed by atoms with van der Waals surface area (Å²) in [6.45, 7) is 7.90. The molecular weight excluding hydrogens is 480 g/mol. The highest BCUT2D eigenvalue weighted by Gasteiger charge is 2.52. The Morgan fingerprint density at radius 2 is 1.82 bits per heavy atom. The number of ether oxygens (including phenoxy) is 1. The second kappa shape index (κ2) is 11.1. The van der Waals surface area contributed by atoms with Crippen molar-refractivity contribution in [3.8, 4) is 23.1 Å². The molecule has 9 heteroatoms. The molecule has 2 saturated heterocycles.